The standard InChI is InChI=1S/C14H16O4/c1-3-11-5-4-6-12(8-11)9-18-14(17)10(2)7-13(15)16/h3-6,8,10H,1,7,9H2,2H3,(H,15,16). The van der Waals surface area contributed by atoms with Gasteiger partial charge in [-0.15, -0.1) is 0 Å². The van der Waals surface area contributed by atoms with Crippen molar-refractivity contribution in [2.75, 3.05) is 0 Å². The summed E-state index contributed by atoms with van der Waals surface area (Å²) in [7, 11) is 0. The second kappa shape index (κ2) is 6.59. The third-order valence-electron chi connectivity index (χ3n) is 2.45. The van der Waals surface area contributed by atoms with Crippen LogP contribution in [-0.4, -0.2) is 17.0 Å². The number of aliphatic carboxylic acids is 1. The van der Waals surface area contributed by atoms with Crippen molar-refractivity contribution in [3.63, 3.8) is 0 Å². The van der Waals surface area contributed by atoms with E-state index in [-0.39, 0.29) is 13.0 Å². The molecule has 0 aliphatic heterocycles. The van der Waals surface area contributed by atoms with Crippen LogP contribution in [0.4, 0.5) is 0 Å². The normalized spacial score (nSPS) is 11.6. The van der Waals surface area contributed by atoms with Crippen LogP contribution < -0.4 is 0 Å². The van der Waals surface area contributed by atoms with E-state index in [1.165, 1.54) is 6.92 Å². The van der Waals surface area contributed by atoms with Gasteiger partial charge in [0.2, 0.25) is 0 Å². The Kier molecular flexibility index (Phi) is 5.11. The molecular weight excluding hydrogens is 232 g/mol. The van der Waals surface area contributed by atoms with Gasteiger partial charge in [0.05, 0.1) is 12.3 Å². The topological polar surface area (TPSA) is 63.6 Å². The summed E-state index contributed by atoms with van der Waals surface area (Å²) >= 11 is 0. The minimum Gasteiger partial charge on any atom is -0.481 e. The number of carboxylic acids is 1. The van der Waals surface area contributed by atoms with E-state index in [2.05, 4.69) is 6.58 Å². The highest BCUT2D eigenvalue weighted by Crippen LogP contribution is 2.10. The quantitative estimate of drug-likeness (QED) is 0.785. The van der Waals surface area contributed by atoms with Crippen molar-refractivity contribution in [3.05, 3.63) is 42.0 Å². The maximum Gasteiger partial charge on any atom is 0.309 e. The van der Waals surface area contributed by atoms with Crippen molar-refractivity contribution in [2.24, 2.45) is 5.92 Å². The molecule has 1 N–H and O–H groups in total. The number of hydrogen-bond acceptors (Lipinski definition) is 3. The smallest absolute Gasteiger partial charge is 0.309 e. The van der Waals surface area contributed by atoms with Crippen LogP contribution in [-0.2, 0) is 20.9 Å². The van der Waals surface area contributed by atoms with Gasteiger partial charge in [-0.05, 0) is 17.2 Å². The first-order chi connectivity index (χ1) is 8.52. The third-order valence-corrected chi connectivity index (χ3v) is 2.45. The fourth-order valence-electron chi connectivity index (χ4n) is 1.45. The van der Waals surface area contributed by atoms with E-state index in [9.17, 15) is 9.59 Å². The van der Waals surface area contributed by atoms with Crippen molar-refractivity contribution in [2.45, 2.75) is 20.0 Å². The number of carbonyl (C=O) groups excluding carboxylic acids is 1. The van der Waals surface area contributed by atoms with Crippen molar-refractivity contribution in [1.29, 1.82) is 0 Å². The molecule has 1 aromatic carbocycles. The lowest BCUT2D eigenvalue weighted by molar-refractivity contribution is -0.153. The summed E-state index contributed by atoms with van der Waals surface area (Å²) < 4.78 is 5.05. The molecule has 18 heavy (non-hydrogen) atoms. The Morgan fingerprint density at radius 3 is 2.83 bits per heavy atom. The Morgan fingerprint density at radius 2 is 2.22 bits per heavy atom. The SMILES string of the molecule is C=Cc1cccc(COC(=O)C(C)CC(=O)O)c1. The zero-order valence-electron chi connectivity index (χ0n) is 10.3. The number of hydrogen-bond donors (Lipinski definition) is 1. The predicted molar refractivity (Wildman–Crippen MR) is 67.7 cm³/mol. The first-order valence-electron chi connectivity index (χ1n) is 5.62. The lowest BCUT2D eigenvalue weighted by Gasteiger charge is -2.09. The van der Waals surface area contributed by atoms with Crippen LogP contribution in [0.15, 0.2) is 30.8 Å². The zero-order chi connectivity index (χ0) is 13.5. The summed E-state index contributed by atoms with van der Waals surface area (Å²) in [4.78, 5) is 22.0. The fraction of sp³-hybridized carbons (Fsp3) is 0.286. The Balaban J connectivity index is 2.51. The fourth-order valence-corrected chi connectivity index (χ4v) is 1.45. The molecule has 0 bridgehead atoms. The minimum atomic E-state index is -1.01. The summed E-state index contributed by atoms with van der Waals surface area (Å²) in [6.45, 7) is 5.34. The van der Waals surface area contributed by atoms with E-state index < -0.39 is 17.9 Å². The van der Waals surface area contributed by atoms with Crippen LogP contribution in [0.25, 0.3) is 6.08 Å². The maximum atomic E-state index is 11.5. The maximum absolute atomic E-state index is 11.5. The molecule has 0 aliphatic carbocycles. The van der Waals surface area contributed by atoms with Crippen LogP contribution in [0.1, 0.15) is 24.5 Å². The number of rotatable bonds is 6. The van der Waals surface area contributed by atoms with Crippen LogP contribution in [0.5, 0.6) is 0 Å². The molecule has 0 saturated heterocycles. The van der Waals surface area contributed by atoms with E-state index in [0.29, 0.717) is 0 Å². The summed E-state index contributed by atoms with van der Waals surface area (Å²) in [6, 6.07) is 7.44. The summed E-state index contributed by atoms with van der Waals surface area (Å²) in [6.07, 6.45) is 1.49. The number of benzene rings is 1. The van der Waals surface area contributed by atoms with E-state index >= 15 is 0 Å². The average Bonchev–Trinajstić information content (AvgIpc) is 2.35. The van der Waals surface area contributed by atoms with Crippen molar-refractivity contribution < 1.29 is 19.4 Å². The Bertz CT molecular complexity index is 451. The second-order valence-electron chi connectivity index (χ2n) is 4.06. The molecule has 0 amide bonds. The highest BCUT2D eigenvalue weighted by Gasteiger charge is 2.17. The molecule has 1 aromatic rings. The Labute approximate surface area is 106 Å². The average molecular weight is 248 g/mol. The number of ether oxygens (including phenoxy) is 1. The number of esters is 1. The van der Waals surface area contributed by atoms with E-state index in [0.717, 1.165) is 11.1 Å². The molecule has 4 heteroatoms. The molecule has 0 fully saturated rings. The van der Waals surface area contributed by atoms with Crippen molar-refractivity contribution in [3.8, 4) is 0 Å². The monoisotopic (exact) mass is 248 g/mol. The Hall–Kier alpha value is -2.10. The number of carbonyl (C=O) groups is 2. The highest BCUT2D eigenvalue weighted by molar-refractivity contribution is 5.78. The van der Waals surface area contributed by atoms with Gasteiger partial charge >= 0.3 is 11.9 Å². The van der Waals surface area contributed by atoms with Crippen LogP contribution in [0.3, 0.4) is 0 Å². The van der Waals surface area contributed by atoms with Gasteiger partial charge in [-0.1, -0.05) is 37.8 Å². The molecule has 0 radical (unpaired) electrons. The predicted octanol–water partition coefficient (Wildman–Crippen LogP) is 2.48. The molecule has 96 valence electrons. The van der Waals surface area contributed by atoms with E-state index in [1.54, 1.807) is 6.08 Å². The molecule has 1 rings (SSSR count). The first kappa shape index (κ1) is 14.0. The van der Waals surface area contributed by atoms with Crippen LogP contribution in [0, 0.1) is 5.92 Å². The minimum absolute atomic E-state index is 0.143. The summed E-state index contributed by atoms with van der Waals surface area (Å²) in [5.74, 6) is -2.14. The van der Waals surface area contributed by atoms with Crippen molar-refractivity contribution >= 4 is 18.0 Å². The molecule has 0 aliphatic rings. The van der Waals surface area contributed by atoms with Gasteiger partial charge in [0.25, 0.3) is 0 Å². The molecule has 0 heterocycles. The molecule has 0 saturated carbocycles. The second-order valence-corrected chi connectivity index (χ2v) is 4.06. The van der Waals surface area contributed by atoms with Gasteiger partial charge in [0.1, 0.15) is 6.61 Å². The van der Waals surface area contributed by atoms with Gasteiger partial charge in [-0.2, -0.15) is 0 Å². The first-order valence-corrected chi connectivity index (χ1v) is 5.62. The molecule has 4 nitrogen and oxygen atoms in total. The molecule has 0 aromatic heterocycles. The van der Waals surface area contributed by atoms with E-state index in [1.807, 2.05) is 24.3 Å². The molecule has 1 unspecified atom stereocenters. The third kappa shape index (κ3) is 4.41. The van der Waals surface area contributed by atoms with Gasteiger partial charge in [0, 0.05) is 0 Å². The molecule has 0 spiro atoms. The summed E-state index contributed by atoms with van der Waals surface area (Å²) in [5, 5.41) is 8.57. The van der Waals surface area contributed by atoms with Gasteiger partial charge < -0.3 is 9.84 Å². The zero-order valence-corrected chi connectivity index (χ0v) is 10.3. The lowest BCUT2D eigenvalue weighted by atomic mass is 10.1. The van der Waals surface area contributed by atoms with Crippen molar-refractivity contribution in [1.82, 2.24) is 0 Å². The molecular formula is C14H16O4. The number of carboxylic acid groups (broad SMARTS) is 1. The highest BCUT2D eigenvalue weighted by atomic mass is 16.5. The van der Waals surface area contributed by atoms with Gasteiger partial charge in [-0.25, -0.2) is 0 Å². The summed E-state index contributed by atoms with van der Waals surface area (Å²) in [5.41, 5.74) is 1.80. The van der Waals surface area contributed by atoms with Crippen LogP contribution in [0.2, 0.25) is 0 Å². The largest absolute Gasteiger partial charge is 0.481 e. The Morgan fingerprint density at radius 1 is 1.50 bits per heavy atom. The lowest BCUT2D eigenvalue weighted by Crippen LogP contribution is -2.17. The van der Waals surface area contributed by atoms with Crippen LogP contribution >= 0.6 is 0 Å². The van der Waals surface area contributed by atoms with E-state index in [4.69, 9.17) is 9.84 Å². The van der Waals surface area contributed by atoms with Gasteiger partial charge in [0.15, 0.2) is 0 Å². The van der Waals surface area contributed by atoms with Gasteiger partial charge in [-0.3, -0.25) is 9.59 Å². The molecule has 1 atom stereocenters.